The SMILES string of the molecule is Cc1ccc(C(=O)CN2CCN(C(=O)c3cccs3)CC2)cc1C. The molecule has 2 aromatic rings. The summed E-state index contributed by atoms with van der Waals surface area (Å²) in [6, 6.07) is 9.63. The zero-order chi connectivity index (χ0) is 17.1. The maximum Gasteiger partial charge on any atom is 0.264 e. The molecule has 0 atom stereocenters. The number of aryl methyl sites for hydroxylation is 2. The van der Waals surface area contributed by atoms with E-state index in [1.165, 1.54) is 16.9 Å². The Bertz CT molecular complexity index is 732. The number of nitrogens with zero attached hydrogens (tertiary/aromatic N) is 2. The topological polar surface area (TPSA) is 40.6 Å². The fourth-order valence-corrected chi connectivity index (χ4v) is 3.57. The number of thiophene rings is 1. The average Bonchev–Trinajstić information content (AvgIpc) is 3.12. The third-order valence-electron chi connectivity index (χ3n) is 4.59. The number of rotatable bonds is 4. The molecule has 1 saturated heterocycles. The normalized spacial score (nSPS) is 15.5. The number of benzene rings is 1. The lowest BCUT2D eigenvalue weighted by Crippen LogP contribution is -2.49. The summed E-state index contributed by atoms with van der Waals surface area (Å²) in [5.41, 5.74) is 3.12. The lowest BCUT2D eigenvalue weighted by Gasteiger charge is -2.34. The molecule has 1 aliphatic rings. The van der Waals surface area contributed by atoms with Crippen molar-refractivity contribution < 1.29 is 9.59 Å². The lowest BCUT2D eigenvalue weighted by atomic mass is 10.0. The van der Waals surface area contributed by atoms with E-state index < -0.39 is 0 Å². The number of hydrogen-bond acceptors (Lipinski definition) is 4. The maximum atomic E-state index is 12.5. The Labute approximate surface area is 146 Å². The van der Waals surface area contributed by atoms with Crippen molar-refractivity contribution >= 4 is 23.0 Å². The van der Waals surface area contributed by atoms with Crippen molar-refractivity contribution in [3.8, 4) is 0 Å². The predicted octanol–water partition coefficient (Wildman–Crippen LogP) is 3.01. The molecule has 5 heteroatoms. The molecule has 126 valence electrons. The van der Waals surface area contributed by atoms with Gasteiger partial charge in [-0.1, -0.05) is 18.2 Å². The fraction of sp³-hybridized carbons (Fsp3) is 0.368. The first-order valence-corrected chi connectivity index (χ1v) is 9.08. The van der Waals surface area contributed by atoms with Crippen molar-refractivity contribution in [1.82, 2.24) is 9.80 Å². The molecule has 0 radical (unpaired) electrons. The summed E-state index contributed by atoms with van der Waals surface area (Å²) in [4.78, 5) is 29.6. The Morgan fingerprint density at radius 2 is 1.79 bits per heavy atom. The predicted molar refractivity (Wildman–Crippen MR) is 96.9 cm³/mol. The molecule has 1 aromatic heterocycles. The van der Waals surface area contributed by atoms with E-state index in [9.17, 15) is 9.59 Å². The van der Waals surface area contributed by atoms with Gasteiger partial charge in [-0.2, -0.15) is 0 Å². The van der Waals surface area contributed by atoms with E-state index in [0.29, 0.717) is 19.6 Å². The second-order valence-electron chi connectivity index (χ2n) is 6.27. The summed E-state index contributed by atoms with van der Waals surface area (Å²) in [5.74, 6) is 0.251. The van der Waals surface area contributed by atoms with Crippen LogP contribution < -0.4 is 0 Å². The summed E-state index contributed by atoms with van der Waals surface area (Å²) in [6.07, 6.45) is 0. The number of piperazine rings is 1. The Kier molecular flexibility index (Phi) is 5.11. The molecule has 3 rings (SSSR count). The number of carbonyl (C=O) groups excluding carboxylic acids is 2. The standard InChI is InChI=1S/C19H22N2O2S/c1-14-5-6-16(12-15(14)2)17(22)13-20-7-9-21(10-8-20)19(23)18-4-3-11-24-18/h3-6,11-12H,7-10,13H2,1-2H3. The molecule has 1 aromatic carbocycles. The molecular weight excluding hydrogens is 320 g/mol. The monoisotopic (exact) mass is 342 g/mol. The second kappa shape index (κ2) is 7.28. The molecule has 0 unspecified atom stereocenters. The number of amides is 1. The zero-order valence-electron chi connectivity index (χ0n) is 14.1. The highest BCUT2D eigenvalue weighted by Gasteiger charge is 2.24. The largest absolute Gasteiger partial charge is 0.335 e. The van der Waals surface area contributed by atoms with Crippen LogP contribution in [0.3, 0.4) is 0 Å². The summed E-state index contributed by atoms with van der Waals surface area (Å²) >= 11 is 1.48. The molecule has 0 spiro atoms. The van der Waals surface area contributed by atoms with Crippen LogP contribution in [-0.4, -0.2) is 54.2 Å². The second-order valence-corrected chi connectivity index (χ2v) is 7.22. The van der Waals surface area contributed by atoms with Crippen molar-refractivity contribution in [1.29, 1.82) is 0 Å². The van der Waals surface area contributed by atoms with Crippen LogP contribution in [0.15, 0.2) is 35.7 Å². The Hall–Kier alpha value is -1.98. The minimum absolute atomic E-state index is 0.102. The summed E-state index contributed by atoms with van der Waals surface area (Å²) in [7, 11) is 0. The van der Waals surface area contributed by atoms with Crippen molar-refractivity contribution in [2.45, 2.75) is 13.8 Å². The third kappa shape index (κ3) is 3.74. The van der Waals surface area contributed by atoms with Crippen molar-refractivity contribution in [2.75, 3.05) is 32.7 Å². The van der Waals surface area contributed by atoms with Gasteiger partial charge in [0.25, 0.3) is 5.91 Å². The smallest absolute Gasteiger partial charge is 0.264 e. The van der Waals surface area contributed by atoms with Crippen LogP contribution in [0.1, 0.15) is 31.2 Å². The van der Waals surface area contributed by atoms with Gasteiger partial charge in [-0.3, -0.25) is 14.5 Å². The molecule has 1 aliphatic heterocycles. The van der Waals surface area contributed by atoms with Gasteiger partial charge in [-0.15, -0.1) is 11.3 Å². The van der Waals surface area contributed by atoms with Crippen LogP contribution in [0, 0.1) is 13.8 Å². The van der Waals surface area contributed by atoms with E-state index >= 15 is 0 Å². The number of ketones is 1. The molecular formula is C19H22N2O2S. The van der Waals surface area contributed by atoms with Crippen molar-refractivity contribution in [2.24, 2.45) is 0 Å². The van der Waals surface area contributed by atoms with Crippen LogP contribution in [-0.2, 0) is 0 Å². The number of carbonyl (C=O) groups is 2. The van der Waals surface area contributed by atoms with Gasteiger partial charge in [0.2, 0.25) is 0 Å². The third-order valence-corrected chi connectivity index (χ3v) is 5.45. The van der Waals surface area contributed by atoms with Gasteiger partial charge >= 0.3 is 0 Å². The van der Waals surface area contributed by atoms with E-state index in [1.807, 2.05) is 54.5 Å². The minimum atomic E-state index is 0.102. The number of Topliss-reactive ketones (excluding diaryl/α,β-unsaturated/α-hetero) is 1. The first kappa shape index (κ1) is 16.9. The van der Waals surface area contributed by atoms with Crippen LogP contribution in [0.5, 0.6) is 0 Å². The summed E-state index contributed by atoms with van der Waals surface area (Å²) in [6.45, 7) is 7.34. The van der Waals surface area contributed by atoms with E-state index in [4.69, 9.17) is 0 Å². The average molecular weight is 342 g/mol. The highest BCUT2D eigenvalue weighted by molar-refractivity contribution is 7.12. The van der Waals surface area contributed by atoms with Crippen LogP contribution in [0.25, 0.3) is 0 Å². The van der Waals surface area contributed by atoms with Gasteiger partial charge in [-0.05, 0) is 42.5 Å². The molecule has 0 aliphatic carbocycles. The first-order valence-electron chi connectivity index (χ1n) is 8.20. The Morgan fingerprint density at radius 1 is 1.04 bits per heavy atom. The molecule has 1 fully saturated rings. The van der Waals surface area contributed by atoms with Crippen molar-refractivity contribution in [3.05, 3.63) is 57.3 Å². The lowest BCUT2D eigenvalue weighted by molar-refractivity contribution is 0.0628. The van der Waals surface area contributed by atoms with Gasteiger partial charge in [0, 0.05) is 31.7 Å². The maximum absolute atomic E-state index is 12.5. The first-order chi connectivity index (χ1) is 11.5. The van der Waals surface area contributed by atoms with E-state index in [2.05, 4.69) is 4.90 Å². The van der Waals surface area contributed by atoms with E-state index in [-0.39, 0.29) is 11.7 Å². The van der Waals surface area contributed by atoms with Gasteiger partial charge < -0.3 is 4.90 Å². The number of hydrogen-bond donors (Lipinski definition) is 0. The molecule has 0 N–H and O–H groups in total. The quantitative estimate of drug-likeness (QED) is 0.802. The van der Waals surface area contributed by atoms with Crippen molar-refractivity contribution in [3.63, 3.8) is 0 Å². The molecule has 4 nitrogen and oxygen atoms in total. The molecule has 0 saturated carbocycles. The molecule has 1 amide bonds. The highest BCUT2D eigenvalue weighted by atomic mass is 32.1. The van der Waals surface area contributed by atoms with Gasteiger partial charge in [0.1, 0.15) is 0 Å². The van der Waals surface area contributed by atoms with E-state index in [1.54, 1.807) is 0 Å². The van der Waals surface area contributed by atoms with Gasteiger partial charge in [-0.25, -0.2) is 0 Å². The van der Waals surface area contributed by atoms with Crippen LogP contribution in [0.4, 0.5) is 0 Å². The summed E-state index contributed by atoms with van der Waals surface area (Å²) in [5, 5.41) is 1.92. The molecule has 2 heterocycles. The fourth-order valence-electron chi connectivity index (χ4n) is 2.87. The van der Waals surface area contributed by atoms with Gasteiger partial charge in [0.15, 0.2) is 5.78 Å². The summed E-state index contributed by atoms with van der Waals surface area (Å²) < 4.78 is 0. The van der Waals surface area contributed by atoms with Crippen LogP contribution in [0.2, 0.25) is 0 Å². The molecule has 24 heavy (non-hydrogen) atoms. The van der Waals surface area contributed by atoms with E-state index in [0.717, 1.165) is 29.1 Å². The Balaban J connectivity index is 1.54. The van der Waals surface area contributed by atoms with Crippen LogP contribution >= 0.6 is 11.3 Å². The zero-order valence-corrected chi connectivity index (χ0v) is 14.9. The highest BCUT2D eigenvalue weighted by Crippen LogP contribution is 2.15. The minimum Gasteiger partial charge on any atom is -0.335 e. The molecule has 0 bridgehead atoms. The van der Waals surface area contributed by atoms with Gasteiger partial charge in [0.05, 0.1) is 11.4 Å². The Morgan fingerprint density at radius 3 is 2.42 bits per heavy atom.